The summed E-state index contributed by atoms with van der Waals surface area (Å²) in [7, 11) is 0. The highest BCUT2D eigenvalue weighted by Gasteiger charge is 2.12. The molecule has 0 radical (unpaired) electrons. The molecule has 2 aromatic rings. The van der Waals surface area contributed by atoms with Crippen molar-refractivity contribution < 1.29 is 0 Å². The summed E-state index contributed by atoms with van der Waals surface area (Å²) in [6.07, 6.45) is 4.49. The van der Waals surface area contributed by atoms with Crippen LogP contribution in [0.3, 0.4) is 0 Å². The van der Waals surface area contributed by atoms with Crippen LogP contribution in [-0.4, -0.2) is 4.98 Å². The van der Waals surface area contributed by atoms with Gasteiger partial charge >= 0.3 is 0 Å². The summed E-state index contributed by atoms with van der Waals surface area (Å²) in [5.74, 6) is 5.58. The number of nitrogens with two attached hydrogens (primary N) is 1. The summed E-state index contributed by atoms with van der Waals surface area (Å²) < 4.78 is 1.10. The Balaban J connectivity index is 2.12. The van der Waals surface area contributed by atoms with E-state index in [4.69, 9.17) is 5.84 Å². The number of pyridine rings is 1. The molecule has 0 aliphatic heterocycles. The molecule has 3 nitrogen and oxygen atoms in total. The Kier molecular flexibility index (Phi) is 4.06. The highest BCUT2D eigenvalue weighted by Crippen LogP contribution is 2.27. The summed E-state index contributed by atoms with van der Waals surface area (Å²) in [4.78, 5) is 5.32. The van der Waals surface area contributed by atoms with E-state index in [1.807, 2.05) is 12.3 Å². The van der Waals surface area contributed by atoms with Crippen LogP contribution in [0.2, 0.25) is 0 Å². The summed E-state index contributed by atoms with van der Waals surface area (Å²) in [5, 5.41) is 2.06. The number of aromatic nitrogens is 1. The van der Waals surface area contributed by atoms with Gasteiger partial charge in [0.05, 0.1) is 6.04 Å². The van der Waals surface area contributed by atoms with E-state index in [1.165, 1.54) is 10.4 Å². The second-order valence-corrected chi connectivity index (χ2v) is 5.31. The molecule has 0 bridgehead atoms. The number of thiophene rings is 1. The highest BCUT2D eigenvalue weighted by atomic mass is 79.9. The van der Waals surface area contributed by atoms with E-state index < -0.39 is 0 Å². The molecule has 84 valence electrons. The van der Waals surface area contributed by atoms with Gasteiger partial charge in [0, 0.05) is 27.1 Å². The molecule has 2 rings (SSSR count). The fourth-order valence-electron chi connectivity index (χ4n) is 1.51. The lowest BCUT2D eigenvalue weighted by molar-refractivity contribution is 0.560. The van der Waals surface area contributed by atoms with Crippen molar-refractivity contribution in [3.63, 3.8) is 0 Å². The molecule has 0 amide bonds. The molecule has 0 saturated heterocycles. The second kappa shape index (κ2) is 5.54. The molecule has 0 aliphatic rings. The van der Waals surface area contributed by atoms with Crippen LogP contribution in [0.25, 0.3) is 0 Å². The fraction of sp³-hybridized carbons (Fsp3) is 0.182. The first-order valence-corrected chi connectivity index (χ1v) is 6.56. The fourth-order valence-corrected chi connectivity index (χ4v) is 3.01. The first kappa shape index (κ1) is 11.7. The lowest BCUT2D eigenvalue weighted by Gasteiger charge is -2.13. The summed E-state index contributed by atoms with van der Waals surface area (Å²) in [6, 6.07) is 6.22. The summed E-state index contributed by atoms with van der Waals surface area (Å²) in [6.45, 7) is 0. The zero-order chi connectivity index (χ0) is 11.4. The van der Waals surface area contributed by atoms with Gasteiger partial charge in [-0.2, -0.15) is 0 Å². The van der Waals surface area contributed by atoms with Gasteiger partial charge in [-0.05, 0) is 40.0 Å². The van der Waals surface area contributed by atoms with E-state index >= 15 is 0 Å². The SMILES string of the molecule is NNC(Cc1cccnc1)c1cc(Br)cs1. The van der Waals surface area contributed by atoms with E-state index in [0.717, 1.165) is 10.9 Å². The van der Waals surface area contributed by atoms with Gasteiger partial charge in [0.15, 0.2) is 0 Å². The molecule has 0 saturated carbocycles. The Labute approximate surface area is 107 Å². The smallest absolute Gasteiger partial charge is 0.0594 e. The number of halogens is 1. The third kappa shape index (κ3) is 2.89. The van der Waals surface area contributed by atoms with Crippen molar-refractivity contribution in [3.05, 3.63) is 50.9 Å². The summed E-state index contributed by atoms with van der Waals surface area (Å²) in [5.41, 5.74) is 4.02. The molecule has 3 N–H and O–H groups in total. The normalized spacial score (nSPS) is 12.6. The van der Waals surface area contributed by atoms with E-state index in [1.54, 1.807) is 17.5 Å². The third-order valence-electron chi connectivity index (χ3n) is 2.29. The Morgan fingerprint density at radius 3 is 3.00 bits per heavy atom. The number of rotatable bonds is 4. The van der Waals surface area contributed by atoms with E-state index in [0.29, 0.717) is 0 Å². The lowest BCUT2D eigenvalue weighted by Crippen LogP contribution is -2.28. The zero-order valence-electron chi connectivity index (χ0n) is 8.56. The van der Waals surface area contributed by atoms with Gasteiger partial charge in [-0.15, -0.1) is 11.3 Å². The van der Waals surface area contributed by atoms with Gasteiger partial charge in [0.1, 0.15) is 0 Å². The minimum atomic E-state index is 0.139. The maximum absolute atomic E-state index is 5.58. The second-order valence-electron chi connectivity index (χ2n) is 3.45. The quantitative estimate of drug-likeness (QED) is 0.674. The van der Waals surface area contributed by atoms with Gasteiger partial charge in [-0.25, -0.2) is 0 Å². The number of nitrogens with one attached hydrogen (secondary N) is 1. The maximum atomic E-state index is 5.58. The molecule has 2 aromatic heterocycles. The number of hydrogen-bond acceptors (Lipinski definition) is 4. The van der Waals surface area contributed by atoms with Gasteiger partial charge in [0.2, 0.25) is 0 Å². The van der Waals surface area contributed by atoms with Crippen molar-refractivity contribution in [1.29, 1.82) is 0 Å². The number of hydrazine groups is 1. The molecule has 1 atom stereocenters. The molecule has 0 spiro atoms. The van der Waals surface area contributed by atoms with Crippen LogP contribution < -0.4 is 11.3 Å². The maximum Gasteiger partial charge on any atom is 0.0594 e. The largest absolute Gasteiger partial charge is 0.271 e. The van der Waals surface area contributed by atoms with E-state index in [2.05, 4.69) is 43.9 Å². The molecule has 0 aromatic carbocycles. The van der Waals surface area contributed by atoms with Crippen LogP contribution in [0, 0.1) is 0 Å². The Hall–Kier alpha value is -0.750. The van der Waals surface area contributed by atoms with Gasteiger partial charge in [-0.1, -0.05) is 6.07 Å². The van der Waals surface area contributed by atoms with Gasteiger partial charge in [-0.3, -0.25) is 16.3 Å². The van der Waals surface area contributed by atoms with Crippen molar-refractivity contribution in [2.45, 2.75) is 12.5 Å². The molecule has 0 fully saturated rings. The topological polar surface area (TPSA) is 50.9 Å². The van der Waals surface area contributed by atoms with Crippen LogP contribution in [-0.2, 0) is 6.42 Å². The first-order valence-electron chi connectivity index (χ1n) is 4.88. The van der Waals surface area contributed by atoms with Crippen LogP contribution in [0.4, 0.5) is 0 Å². The van der Waals surface area contributed by atoms with Gasteiger partial charge in [0.25, 0.3) is 0 Å². The van der Waals surface area contributed by atoms with Gasteiger partial charge < -0.3 is 0 Å². The molecule has 1 unspecified atom stereocenters. The molecule has 16 heavy (non-hydrogen) atoms. The van der Waals surface area contributed by atoms with Crippen molar-refractivity contribution in [2.75, 3.05) is 0 Å². The Morgan fingerprint density at radius 2 is 2.44 bits per heavy atom. The van der Waals surface area contributed by atoms with Crippen molar-refractivity contribution in [1.82, 2.24) is 10.4 Å². The van der Waals surface area contributed by atoms with Crippen molar-refractivity contribution in [2.24, 2.45) is 5.84 Å². The first-order chi connectivity index (χ1) is 7.79. The molecular weight excluding hydrogens is 286 g/mol. The third-order valence-corrected chi connectivity index (χ3v) is 4.10. The van der Waals surface area contributed by atoms with E-state index in [-0.39, 0.29) is 6.04 Å². The molecule has 0 aliphatic carbocycles. The number of hydrogen-bond donors (Lipinski definition) is 2. The minimum absolute atomic E-state index is 0.139. The molecule has 2 heterocycles. The predicted octanol–water partition coefficient (Wildman–Crippen LogP) is 2.65. The van der Waals surface area contributed by atoms with Crippen molar-refractivity contribution in [3.8, 4) is 0 Å². The van der Waals surface area contributed by atoms with Crippen LogP contribution >= 0.6 is 27.3 Å². The monoisotopic (exact) mass is 297 g/mol. The van der Waals surface area contributed by atoms with E-state index in [9.17, 15) is 0 Å². The average Bonchev–Trinajstić information content (AvgIpc) is 2.74. The minimum Gasteiger partial charge on any atom is -0.271 e. The Bertz CT molecular complexity index is 444. The Morgan fingerprint density at radius 1 is 1.56 bits per heavy atom. The molecule has 5 heteroatoms. The van der Waals surface area contributed by atoms with Crippen molar-refractivity contribution >= 4 is 27.3 Å². The standard InChI is InChI=1S/C11H12BrN3S/c12-9-5-11(16-7-9)10(15-13)4-8-2-1-3-14-6-8/h1-3,5-7,10,15H,4,13H2. The average molecular weight is 298 g/mol. The van der Waals surface area contributed by atoms with Crippen LogP contribution in [0.5, 0.6) is 0 Å². The lowest BCUT2D eigenvalue weighted by atomic mass is 10.1. The zero-order valence-corrected chi connectivity index (χ0v) is 11.0. The van der Waals surface area contributed by atoms with Crippen LogP contribution in [0.1, 0.15) is 16.5 Å². The predicted molar refractivity (Wildman–Crippen MR) is 70.0 cm³/mol. The molecular formula is C11H12BrN3S. The van der Waals surface area contributed by atoms with Crippen LogP contribution in [0.15, 0.2) is 40.4 Å². The summed E-state index contributed by atoms with van der Waals surface area (Å²) >= 11 is 5.14. The highest BCUT2D eigenvalue weighted by molar-refractivity contribution is 9.10. The number of nitrogens with zero attached hydrogens (tertiary/aromatic N) is 1.